The number of hydrogen-bond acceptors (Lipinski definition) is 4. The maximum Gasteiger partial charge on any atom is 0.466 e. The first-order chi connectivity index (χ1) is 6.18. The van der Waals surface area contributed by atoms with Gasteiger partial charge in [0.15, 0.2) is 0 Å². The Morgan fingerprint density at radius 2 is 1.79 bits per heavy atom. The van der Waals surface area contributed by atoms with Crippen molar-refractivity contribution in [1.29, 1.82) is 0 Å². The second kappa shape index (κ2) is 7.86. The maximum absolute atomic E-state index is 10.4. The summed E-state index contributed by atoms with van der Waals surface area (Å²) in [6.07, 6.45) is -0.989. The van der Waals surface area contributed by atoms with Gasteiger partial charge in [0.25, 0.3) is 0 Å². The smallest absolute Gasteiger partial charge is 0.395 e. The summed E-state index contributed by atoms with van der Waals surface area (Å²) in [5.74, 6) is -0.455. The van der Waals surface area contributed by atoms with Gasteiger partial charge in [-0.1, -0.05) is 0 Å². The zero-order chi connectivity index (χ0) is 11.8. The van der Waals surface area contributed by atoms with E-state index in [9.17, 15) is 4.79 Å². The first-order valence-electron chi connectivity index (χ1n) is 3.53. The molecule has 0 heterocycles. The molecule has 1 atom stereocenters. The molecule has 0 spiro atoms. The van der Waals surface area contributed by atoms with Crippen LogP contribution in [0.15, 0.2) is 0 Å². The van der Waals surface area contributed by atoms with Crippen LogP contribution < -0.4 is 5.32 Å². The summed E-state index contributed by atoms with van der Waals surface area (Å²) in [6.45, 7) is 1.47. The molecule has 86 valence electrons. The van der Waals surface area contributed by atoms with Crippen LogP contribution in [0.1, 0.15) is 6.92 Å². The minimum absolute atomic E-state index is 0.0987. The Hall–Kier alpha value is -0.500. The first kappa shape index (κ1) is 15.9. The number of carbonyl (C=O) groups is 1. The van der Waals surface area contributed by atoms with Gasteiger partial charge in [0.1, 0.15) is 6.10 Å². The molecule has 0 aromatic rings. The third kappa shape index (κ3) is 22.5. The lowest BCUT2D eigenvalue weighted by Crippen LogP contribution is -2.34. The molecule has 1 unspecified atom stereocenters. The molecule has 14 heavy (non-hydrogen) atoms. The van der Waals surface area contributed by atoms with Crippen LogP contribution in [-0.4, -0.2) is 50.1 Å². The summed E-state index contributed by atoms with van der Waals surface area (Å²) in [6, 6.07) is 0. The summed E-state index contributed by atoms with van der Waals surface area (Å²) in [4.78, 5) is 32.0. The van der Waals surface area contributed by atoms with Gasteiger partial charge in [0, 0.05) is 6.54 Å². The molecule has 0 aliphatic heterocycles. The monoisotopic (exact) mass is 231 g/mol. The van der Waals surface area contributed by atoms with Gasteiger partial charge in [0.05, 0.1) is 6.61 Å². The van der Waals surface area contributed by atoms with Crippen LogP contribution in [0.25, 0.3) is 0 Å². The molecule has 0 rings (SSSR count). The molecule has 0 bridgehead atoms. The van der Waals surface area contributed by atoms with Crippen LogP contribution in [0.5, 0.6) is 0 Å². The van der Waals surface area contributed by atoms with Gasteiger partial charge in [-0.05, 0) is 6.92 Å². The SMILES string of the molecule is CC(O)C(=O)NCCO.O=P(O)(O)O. The molecule has 0 saturated carbocycles. The second-order valence-electron chi connectivity index (χ2n) is 2.20. The molecule has 0 saturated heterocycles. The number of aliphatic hydroxyl groups excluding tert-OH is 2. The van der Waals surface area contributed by atoms with Crippen LogP contribution in [0, 0.1) is 0 Å². The van der Waals surface area contributed by atoms with E-state index in [0.29, 0.717) is 0 Å². The lowest BCUT2D eigenvalue weighted by Gasteiger charge is -2.03. The van der Waals surface area contributed by atoms with Gasteiger partial charge in [0.2, 0.25) is 5.91 Å². The highest BCUT2D eigenvalue weighted by atomic mass is 31.2. The van der Waals surface area contributed by atoms with Gasteiger partial charge in [-0.2, -0.15) is 0 Å². The molecule has 0 fully saturated rings. The first-order valence-corrected chi connectivity index (χ1v) is 5.10. The Morgan fingerprint density at radius 1 is 1.43 bits per heavy atom. The average Bonchev–Trinajstić information content (AvgIpc) is 1.96. The standard InChI is InChI=1S/C5H11NO3.H3O4P/c1-4(8)5(9)6-2-3-7;1-5(2,3)4/h4,7-8H,2-3H2,1H3,(H,6,9);(H3,1,2,3,4). The second-order valence-corrected chi connectivity index (χ2v) is 3.23. The molecule has 0 aromatic carbocycles. The van der Waals surface area contributed by atoms with Gasteiger partial charge in [-0.15, -0.1) is 0 Å². The minimum Gasteiger partial charge on any atom is -0.395 e. The van der Waals surface area contributed by atoms with Crippen molar-refractivity contribution in [2.24, 2.45) is 0 Å². The van der Waals surface area contributed by atoms with Crippen molar-refractivity contribution in [1.82, 2.24) is 5.32 Å². The van der Waals surface area contributed by atoms with Crippen molar-refractivity contribution in [3.05, 3.63) is 0 Å². The van der Waals surface area contributed by atoms with Crippen molar-refractivity contribution in [3.63, 3.8) is 0 Å². The number of carbonyl (C=O) groups excluding carboxylic acids is 1. The van der Waals surface area contributed by atoms with E-state index in [4.69, 9.17) is 29.5 Å². The number of rotatable bonds is 3. The largest absolute Gasteiger partial charge is 0.466 e. The zero-order valence-electron chi connectivity index (χ0n) is 7.49. The fourth-order valence-corrected chi connectivity index (χ4v) is 0.327. The maximum atomic E-state index is 10.4. The topological polar surface area (TPSA) is 147 Å². The number of phosphoric acid groups is 1. The van der Waals surface area contributed by atoms with E-state index < -0.39 is 19.8 Å². The van der Waals surface area contributed by atoms with Crippen molar-refractivity contribution < 1.29 is 34.3 Å². The van der Waals surface area contributed by atoms with Crippen LogP contribution in [0.4, 0.5) is 0 Å². The van der Waals surface area contributed by atoms with Crippen LogP contribution in [0.2, 0.25) is 0 Å². The number of nitrogens with one attached hydrogen (secondary N) is 1. The number of aliphatic hydroxyl groups is 2. The lowest BCUT2D eigenvalue weighted by molar-refractivity contribution is -0.128. The molecule has 8 nitrogen and oxygen atoms in total. The van der Waals surface area contributed by atoms with E-state index in [1.807, 2.05) is 0 Å². The van der Waals surface area contributed by atoms with Gasteiger partial charge >= 0.3 is 7.82 Å². The van der Waals surface area contributed by atoms with Crippen LogP contribution in [-0.2, 0) is 9.36 Å². The summed E-state index contributed by atoms with van der Waals surface area (Å²) < 4.78 is 8.88. The van der Waals surface area contributed by atoms with Crippen molar-refractivity contribution in [2.75, 3.05) is 13.2 Å². The Bertz CT molecular complexity index is 192. The number of amides is 1. The highest BCUT2D eigenvalue weighted by Crippen LogP contribution is 2.25. The molecule has 1 amide bonds. The summed E-state index contributed by atoms with van der Waals surface area (Å²) in [5, 5.41) is 19.0. The normalized spacial score (nSPS) is 12.4. The van der Waals surface area contributed by atoms with Gasteiger partial charge in [-0.25, -0.2) is 4.57 Å². The van der Waals surface area contributed by atoms with E-state index in [1.54, 1.807) is 0 Å². The Balaban J connectivity index is 0. The van der Waals surface area contributed by atoms with Crippen molar-refractivity contribution in [2.45, 2.75) is 13.0 Å². The third-order valence-electron chi connectivity index (χ3n) is 0.790. The Morgan fingerprint density at radius 3 is 2.00 bits per heavy atom. The summed E-state index contributed by atoms with van der Waals surface area (Å²) >= 11 is 0. The van der Waals surface area contributed by atoms with Crippen LogP contribution in [0.3, 0.4) is 0 Å². The van der Waals surface area contributed by atoms with Crippen LogP contribution >= 0.6 is 7.82 Å². The predicted octanol–water partition coefficient (Wildman–Crippen LogP) is -2.45. The average molecular weight is 231 g/mol. The fourth-order valence-electron chi connectivity index (χ4n) is 0.327. The van der Waals surface area contributed by atoms with Crippen molar-refractivity contribution >= 4 is 13.7 Å². The molecule has 0 aliphatic carbocycles. The van der Waals surface area contributed by atoms with E-state index in [0.717, 1.165) is 0 Å². The van der Waals surface area contributed by atoms with E-state index in [1.165, 1.54) is 6.92 Å². The van der Waals surface area contributed by atoms with Crippen molar-refractivity contribution in [3.8, 4) is 0 Å². The van der Waals surface area contributed by atoms with E-state index in [2.05, 4.69) is 5.32 Å². The molecule has 0 aromatic heterocycles. The molecule has 0 aliphatic rings. The minimum atomic E-state index is -4.64. The molecule has 9 heteroatoms. The van der Waals surface area contributed by atoms with Gasteiger partial charge in [-0.3, -0.25) is 4.79 Å². The zero-order valence-corrected chi connectivity index (χ0v) is 8.39. The molecular formula is C5H14NO7P. The number of hydrogen-bond donors (Lipinski definition) is 6. The summed E-state index contributed by atoms with van der Waals surface area (Å²) in [7, 11) is -4.64. The quantitative estimate of drug-likeness (QED) is 0.295. The van der Waals surface area contributed by atoms with E-state index in [-0.39, 0.29) is 13.2 Å². The highest BCUT2D eigenvalue weighted by molar-refractivity contribution is 7.45. The Kier molecular flexibility index (Phi) is 8.96. The van der Waals surface area contributed by atoms with E-state index >= 15 is 0 Å². The predicted molar refractivity (Wildman–Crippen MR) is 46.0 cm³/mol. The highest BCUT2D eigenvalue weighted by Gasteiger charge is 2.05. The third-order valence-corrected chi connectivity index (χ3v) is 0.790. The molecule has 0 radical (unpaired) electrons. The Labute approximate surface area is 80.4 Å². The molecular weight excluding hydrogens is 217 g/mol. The summed E-state index contributed by atoms with van der Waals surface area (Å²) in [5.41, 5.74) is 0. The lowest BCUT2D eigenvalue weighted by atomic mass is 10.4. The molecule has 6 N–H and O–H groups in total. The van der Waals surface area contributed by atoms with Gasteiger partial charge < -0.3 is 30.2 Å². The fraction of sp³-hybridized carbons (Fsp3) is 0.800.